The van der Waals surface area contributed by atoms with Gasteiger partial charge in [0.05, 0.1) is 11.9 Å². The van der Waals surface area contributed by atoms with Crippen molar-refractivity contribution in [3.05, 3.63) is 11.9 Å². The fraction of sp³-hybridized carbons (Fsp3) is 0.700. The summed E-state index contributed by atoms with van der Waals surface area (Å²) >= 11 is 0. The SMILES string of the molecule is Cc1cnnn1CC(=O)NCCCN(C)C. The Morgan fingerprint density at radius 3 is 2.88 bits per heavy atom. The van der Waals surface area contributed by atoms with Gasteiger partial charge in [-0.25, -0.2) is 4.68 Å². The molecule has 0 bridgehead atoms. The lowest BCUT2D eigenvalue weighted by Crippen LogP contribution is -2.30. The van der Waals surface area contributed by atoms with Gasteiger partial charge in [0, 0.05) is 6.54 Å². The standard InChI is InChI=1S/C10H19N5O/c1-9-7-12-13-15(9)8-10(16)11-5-4-6-14(2)3/h7H,4-6,8H2,1-3H3,(H,11,16). The van der Waals surface area contributed by atoms with Gasteiger partial charge in [0.1, 0.15) is 6.54 Å². The van der Waals surface area contributed by atoms with Crippen LogP contribution in [0.5, 0.6) is 0 Å². The molecule has 0 saturated carbocycles. The van der Waals surface area contributed by atoms with Crippen LogP contribution in [0.25, 0.3) is 0 Å². The number of amides is 1. The lowest BCUT2D eigenvalue weighted by atomic mass is 10.4. The Morgan fingerprint density at radius 1 is 1.56 bits per heavy atom. The molecular weight excluding hydrogens is 206 g/mol. The molecule has 16 heavy (non-hydrogen) atoms. The highest BCUT2D eigenvalue weighted by atomic mass is 16.2. The highest BCUT2D eigenvalue weighted by molar-refractivity contribution is 5.75. The van der Waals surface area contributed by atoms with E-state index in [9.17, 15) is 4.79 Å². The van der Waals surface area contributed by atoms with Crippen molar-refractivity contribution in [2.24, 2.45) is 0 Å². The summed E-state index contributed by atoms with van der Waals surface area (Å²) in [5.41, 5.74) is 0.892. The predicted molar refractivity (Wildman–Crippen MR) is 60.9 cm³/mol. The van der Waals surface area contributed by atoms with E-state index in [1.807, 2.05) is 21.0 Å². The van der Waals surface area contributed by atoms with Crippen LogP contribution in [0.15, 0.2) is 6.20 Å². The highest BCUT2D eigenvalue weighted by Crippen LogP contribution is 1.92. The number of nitrogens with one attached hydrogen (secondary N) is 1. The number of carbonyl (C=O) groups is 1. The first-order chi connectivity index (χ1) is 7.59. The maximum Gasteiger partial charge on any atom is 0.241 e. The van der Waals surface area contributed by atoms with Crippen molar-refractivity contribution in [1.82, 2.24) is 25.2 Å². The van der Waals surface area contributed by atoms with Crippen LogP contribution in [-0.2, 0) is 11.3 Å². The summed E-state index contributed by atoms with van der Waals surface area (Å²) in [6.45, 7) is 3.79. The molecule has 0 aliphatic rings. The Bertz CT molecular complexity index is 334. The third-order valence-electron chi connectivity index (χ3n) is 2.21. The summed E-state index contributed by atoms with van der Waals surface area (Å²) in [6, 6.07) is 0. The average molecular weight is 225 g/mol. The molecule has 0 aliphatic heterocycles. The fourth-order valence-corrected chi connectivity index (χ4v) is 1.28. The zero-order valence-electron chi connectivity index (χ0n) is 10.1. The van der Waals surface area contributed by atoms with Crippen LogP contribution >= 0.6 is 0 Å². The molecular formula is C10H19N5O. The maximum absolute atomic E-state index is 11.5. The molecule has 0 radical (unpaired) electrons. The zero-order chi connectivity index (χ0) is 12.0. The molecule has 1 heterocycles. The molecule has 1 N–H and O–H groups in total. The quantitative estimate of drug-likeness (QED) is 0.672. The number of rotatable bonds is 6. The number of carbonyl (C=O) groups excluding carboxylic acids is 1. The third-order valence-corrected chi connectivity index (χ3v) is 2.21. The summed E-state index contributed by atoms with van der Waals surface area (Å²) in [5, 5.41) is 10.4. The monoisotopic (exact) mass is 225 g/mol. The minimum absolute atomic E-state index is 0.0210. The molecule has 90 valence electrons. The minimum Gasteiger partial charge on any atom is -0.354 e. The van der Waals surface area contributed by atoms with Crippen LogP contribution in [0.1, 0.15) is 12.1 Å². The van der Waals surface area contributed by atoms with E-state index in [0.717, 1.165) is 18.7 Å². The lowest BCUT2D eigenvalue weighted by molar-refractivity contribution is -0.121. The van der Waals surface area contributed by atoms with E-state index in [0.29, 0.717) is 6.54 Å². The largest absolute Gasteiger partial charge is 0.354 e. The van der Waals surface area contributed by atoms with E-state index in [2.05, 4.69) is 20.5 Å². The number of nitrogens with zero attached hydrogens (tertiary/aromatic N) is 4. The van der Waals surface area contributed by atoms with Crippen LogP contribution in [0.2, 0.25) is 0 Å². The molecule has 1 amide bonds. The first-order valence-corrected chi connectivity index (χ1v) is 5.36. The predicted octanol–water partition coefficient (Wildman–Crippen LogP) is -0.346. The van der Waals surface area contributed by atoms with Crippen LogP contribution in [-0.4, -0.2) is 53.0 Å². The molecule has 6 nitrogen and oxygen atoms in total. The first-order valence-electron chi connectivity index (χ1n) is 5.36. The van der Waals surface area contributed by atoms with E-state index in [4.69, 9.17) is 0 Å². The van der Waals surface area contributed by atoms with E-state index < -0.39 is 0 Å². The van der Waals surface area contributed by atoms with Gasteiger partial charge < -0.3 is 10.2 Å². The molecule has 0 aromatic carbocycles. The molecule has 0 unspecified atom stereocenters. The van der Waals surface area contributed by atoms with Crippen molar-refractivity contribution in [1.29, 1.82) is 0 Å². The Labute approximate surface area is 95.6 Å². The van der Waals surface area contributed by atoms with Crippen LogP contribution < -0.4 is 5.32 Å². The molecule has 0 saturated heterocycles. The minimum atomic E-state index is -0.0210. The highest BCUT2D eigenvalue weighted by Gasteiger charge is 2.05. The van der Waals surface area contributed by atoms with E-state index >= 15 is 0 Å². The van der Waals surface area contributed by atoms with Crippen molar-refractivity contribution in [2.75, 3.05) is 27.2 Å². The fourth-order valence-electron chi connectivity index (χ4n) is 1.28. The Hall–Kier alpha value is -1.43. The molecule has 0 spiro atoms. The number of hydrogen-bond donors (Lipinski definition) is 1. The normalized spacial score (nSPS) is 10.8. The van der Waals surface area contributed by atoms with Crippen molar-refractivity contribution < 1.29 is 4.79 Å². The number of hydrogen-bond acceptors (Lipinski definition) is 4. The Morgan fingerprint density at radius 2 is 2.31 bits per heavy atom. The third kappa shape index (κ3) is 4.39. The molecule has 1 aromatic heterocycles. The van der Waals surface area contributed by atoms with Crippen molar-refractivity contribution in [2.45, 2.75) is 19.9 Å². The smallest absolute Gasteiger partial charge is 0.241 e. The van der Waals surface area contributed by atoms with Crippen LogP contribution in [0.4, 0.5) is 0 Å². The van der Waals surface area contributed by atoms with Gasteiger partial charge >= 0.3 is 0 Å². The van der Waals surface area contributed by atoms with Crippen LogP contribution in [0, 0.1) is 6.92 Å². The van der Waals surface area contributed by atoms with Gasteiger partial charge in [0.2, 0.25) is 5.91 Å². The molecule has 1 aromatic rings. The van der Waals surface area contributed by atoms with Gasteiger partial charge in [-0.1, -0.05) is 5.21 Å². The van der Waals surface area contributed by atoms with Gasteiger partial charge in [-0.3, -0.25) is 4.79 Å². The topological polar surface area (TPSA) is 63.1 Å². The molecule has 0 fully saturated rings. The first kappa shape index (κ1) is 12.6. The van der Waals surface area contributed by atoms with Gasteiger partial charge in [0.15, 0.2) is 0 Å². The molecule has 1 rings (SSSR count). The van der Waals surface area contributed by atoms with Crippen LogP contribution in [0.3, 0.4) is 0 Å². The summed E-state index contributed by atoms with van der Waals surface area (Å²) in [6.07, 6.45) is 2.59. The van der Waals surface area contributed by atoms with Crippen molar-refractivity contribution >= 4 is 5.91 Å². The zero-order valence-corrected chi connectivity index (χ0v) is 10.1. The molecule has 0 aliphatic carbocycles. The Balaban J connectivity index is 2.19. The summed E-state index contributed by atoms with van der Waals surface area (Å²) in [5.74, 6) is -0.0210. The molecule has 0 atom stereocenters. The number of aromatic nitrogens is 3. The van der Waals surface area contributed by atoms with E-state index in [-0.39, 0.29) is 12.5 Å². The summed E-state index contributed by atoms with van der Waals surface area (Å²) in [4.78, 5) is 13.6. The Kier molecular flexibility index (Phi) is 4.91. The van der Waals surface area contributed by atoms with Gasteiger partial charge in [-0.15, -0.1) is 5.10 Å². The average Bonchev–Trinajstić information content (AvgIpc) is 2.59. The van der Waals surface area contributed by atoms with Crippen molar-refractivity contribution in [3.63, 3.8) is 0 Å². The van der Waals surface area contributed by atoms with Crippen molar-refractivity contribution in [3.8, 4) is 0 Å². The second-order valence-corrected chi connectivity index (χ2v) is 4.04. The second-order valence-electron chi connectivity index (χ2n) is 4.04. The van der Waals surface area contributed by atoms with E-state index in [1.165, 1.54) is 0 Å². The number of aryl methyl sites for hydroxylation is 1. The van der Waals surface area contributed by atoms with Gasteiger partial charge in [-0.2, -0.15) is 0 Å². The lowest BCUT2D eigenvalue weighted by Gasteiger charge is -2.10. The van der Waals surface area contributed by atoms with E-state index in [1.54, 1.807) is 10.9 Å². The maximum atomic E-state index is 11.5. The van der Waals surface area contributed by atoms with Gasteiger partial charge in [0.25, 0.3) is 0 Å². The molecule has 6 heteroatoms. The summed E-state index contributed by atoms with van der Waals surface area (Å²) < 4.78 is 1.58. The van der Waals surface area contributed by atoms with Gasteiger partial charge in [-0.05, 0) is 34.0 Å². The second kappa shape index (κ2) is 6.22. The summed E-state index contributed by atoms with van der Waals surface area (Å²) in [7, 11) is 4.03.